The summed E-state index contributed by atoms with van der Waals surface area (Å²) in [4.78, 5) is 22.0. The number of amides is 1. The summed E-state index contributed by atoms with van der Waals surface area (Å²) in [6, 6.07) is 3.77. The van der Waals surface area contributed by atoms with Gasteiger partial charge in [0, 0.05) is 33.4 Å². The van der Waals surface area contributed by atoms with Crippen molar-refractivity contribution in [2.45, 2.75) is 57.7 Å². The molecule has 2 aliphatic carbocycles. The van der Waals surface area contributed by atoms with Crippen LogP contribution in [-0.2, 0) is 28.6 Å². The molecule has 8 nitrogen and oxygen atoms in total. The summed E-state index contributed by atoms with van der Waals surface area (Å²) in [5, 5.41) is 8.52. The molecular weight excluding hydrogens is 545 g/mol. The molecule has 2 aromatic heterocycles. The molecule has 2 aromatic rings. The highest BCUT2D eigenvalue weighted by Crippen LogP contribution is 2.52. The average Bonchev–Trinajstić information content (AvgIpc) is 3.49. The third kappa shape index (κ3) is 5.10. The van der Waals surface area contributed by atoms with Gasteiger partial charge in [-0.15, -0.1) is 10.2 Å². The van der Waals surface area contributed by atoms with Gasteiger partial charge in [0.2, 0.25) is 5.91 Å². The van der Waals surface area contributed by atoms with Crippen LogP contribution >= 0.6 is 0 Å². The molecule has 42 heavy (non-hydrogen) atoms. The van der Waals surface area contributed by atoms with Crippen LogP contribution in [0.1, 0.15) is 56.6 Å². The number of anilines is 1. The molecule has 0 N–H and O–H groups in total. The van der Waals surface area contributed by atoms with Crippen molar-refractivity contribution >= 4 is 11.7 Å². The zero-order valence-electron chi connectivity index (χ0n) is 24.5. The molecule has 4 aliphatic rings. The molecule has 2 atom stereocenters. The fraction of sp³-hybridized carbons (Fsp3) is 0.548. The number of aromatic nitrogens is 4. The fourth-order valence-corrected chi connectivity index (χ4v) is 7.29. The van der Waals surface area contributed by atoms with Crippen LogP contribution in [0.25, 0.3) is 0 Å². The maximum absolute atomic E-state index is 14.4. The van der Waals surface area contributed by atoms with Crippen LogP contribution in [0.5, 0.6) is 0 Å². The van der Waals surface area contributed by atoms with E-state index in [0.717, 1.165) is 50.2 Å². The Labute approximate surface area is 243 Å². The van der Waals surface area contributed by atoms with E-state index in [9.17, 15) is 18.0 Å². The molecule has 11 heteroatoms. The largest absolute Gasteiger partial charge is 0.416 e. The number of hydrogen-bond donors (Lipinski definition) is 0. The van der Waals surface area contributed by atoms with E-state index in [-0.39, 0.29) is 18.0 Å². The van der Waals surface area contributed by atoms with Crippen LogP contribution in [0.2, 0.25) is 0 Å². The van der Waals surface area contributed by atoms with Gasteiger partial charge < -0.3 is 9.30 Å². The maximum Gasteiger partial charge on any atom is 0.416 e. The third-order valence-electron chi connectivity index (χ3n) is 9.07. The SMILES string of the molecule is COCc1cc(C2(c3nncn3C)CC(C)C2)cc(N2C=C3C(C(F)(F)F)=CC(CN4CCC[C@H](C)C4)=CC3C2=O)n1. The lowest BCUT2D eigenvalue weighted by Gasteiger charge is -2.46. The van der Waals surface area contributed by atoms with E-state index in [1.54, 1.807) is 19.5 Å². The topological polar surface area (TPSA) is 76.4 Å². The first-order valence-corrected chi connectivity index (χ1v) is 14.6. The number of halogens is 3. The minimum absolute atomic E-state index is 0.0379. The number of ether oxygens (including phenoxy) is 1. The van der Waals surface area contributed by atoms with Crippen molar-refractivity contribution in [3.8, 4) is 0 Å². The molecule has 224 valence electrons. The Morgan fingerprint density at radius 1 is 1.17 bits per heavy atom. The Morgan fingerprint density at radius 3 is 2.60 bits per heavy atom. The highest BCUT2D eigenvalue weighted by Gasteiger charge is 2.50. The van der Waals surface area contributed by atoms with Gasteiger partial charge in [-0.2, -0.15) is 13.2 Å². The molecule has 0 bridgehead atoms. The summed E-state index contributed by atoms with van der Waals surface area (Å²) in [7, 11) is 3.46. The van der Waals surface area contributed by atoms with Crippen molar-refractivity contribution in [1.29, 1.82) is 0 Å². The number of fused-ring (bicyclic) bond motifs is 1. The Morgan fingerprint density at radius 2 is 1.95 bits per heavy atom. The molecule has 1 amide bonds. The van der Waals surface area contributed by atoms with E-state index in [0.29, 0.717) is 29.6 Å². The summed E-state index contributed by atoms with van der Waals surface area (Å²) in [6.07, 6.45) is 5.12. The van der Waals surface area contributed by atoms with Gasteiger partial charge in [-0.3, -0.25) is 14.6 Å². The second-order valence-electron chi connectivity index (χ2n) is 12.5. The van der Waals surface area contributed by atoms with Crippen molar-refractivity contribution in [2.24, 2.45) is 24.8 Å². The van der Waals surface area contributed by atoms with Gasteiger partial charge in [0.1, 0.15) is 18.0 Å². The molecule has 4 heterocycles. The van der Waals surface area contributed by atoms with Gasteiger partial charge in [0.05, 0.1) is 29.2 Å². The molecule has 1 saturated heterocycles. The zero-order chi connectivity index (χ0) is 29.8. The number of likely N-dealkylation sites (tertiary alicyclic amines) is 1. The van der Waals surface area contributed by atoms with E-state index in [1.807, 2.05) is 23.7 Å². The number of rotatable bonds is 7. The quantitative estimate of drug-likeness (QED) is 0.453. The van der Waals surface area contributed by atoms with Crippen LogP contribution in [0, 0.1) is 17.8 Å². The van der Waals surface area contributed by atoms with E-state index in [1.165, 1.54) is 17.2 Å². The number of carbonyl (C=O) groups is 1. The van der Waals surface area contributed by atoms with Crippen molar-refractivity contribution in [3.05, 3.63) is 70.6 Å². The smallest absolute Gasteiger partial charge is 0.378 e. The number of methoxy groups -OCH3 is 1. The van der Waals surface area contributed by atoms with Crippen molar-refractivity contribution in [3.63, 3.8) is 0 Å². The van der Waals surface area contributed by atoms with Crippen molar-refractivity contribution < 1.29 is 22.7 Å². The number of pyridine rings is 1. The lowest BCUT2D eigenvalue weighted by Crippen LogP contribution is -2.43. The first kappa shape index (κ1) is 28.8. The first-order valence-electron chi connectivity index (χ1n) is 14.6. The number of alkyl halides is 3. The Balaban J connectivity index is 1.39. The number of nitrogens with zero attached hydrogens (tertiary/aromatic N) is 6. The lowest BCUT2D eigenvalue weighted by atomic mass is 9.58. The molecule has 1 saturated carbocycles. The fourth-order valence-electron chi connectivity index (χ4n) is 7.29. The van der Waals surface area contributed by atoms with Crippen molar-refractivity contribution in [1.82, 2.24) is 24.6 Å². The van der Waals surface area contributed by atoms with Crippen LogP contribution in [0.15, 0.2) is 53.5 Å². The molecular formula is C31H37F3N6O2. The number of allylic oxidation sites excluding steroid dienone is 1. The minimum atomic E-state index is -4.59. The maximum atomic E-state index is 14.4. The van der Waals surface area contributed by atoms with Crippen LogP contribution in [0.4, 0.5) is 19.0 Å². The van der Waals surface area contributed by atoms with E-state index in [4.69, 9.17) is 4.74 Å². The van der Waals surface area contributed by atoms with Gasteiger partial charge >= 0.3 is 6.18 Å². The monoisotopic (exact) mass is 582 g/mol. The third-order valence-corrected chi connectivity index (χ3v) is 9.07. The van der Waals surface area contributed by atoms with Gasteiger partial charge in [-0.1, -0.05) is 19.9 Å². The predicted octanol–water partition coefficient (Wildman–Crippen LogP) is 5.08. The highest BCUT2D eigenvalue weighted by molar-refractivity contribution is 6.03. The lowest BCUT2D eigenvalue weighted by molar-refractivity contribution is -0.119. The summed E-state index contributed by atoms with van der Waals surface area (Å²) in [6.45, 7) is 6.60. The normalized spacial score (nSPS) is 28.3. The average molecular weight is 583 g/mol. The van der Waals surface area contributed by atoms with Crippen molar-refractivity contribution in [2.75, 3.05) is 31.6 Å². The molecule has 6 rings (SSSR count). The Hall–Kier alpha value is -3.31. The highest BCUT2D eigenvalue weighted by atomic mass is 19.4. The molecule has 2 aliphatic heterocycles. The second kappa shape index (κ2) is 10.8. The second-order valence-corrected chi connectivity index (χ2v) is 12.5. The van der Waals surface area contributed by atoms with Gasteiger partial charge in [-0.25, -0.2) is 4.98 Å². The standard InChI is InChI=1S/C31H37F3N6O2/c1-19-6-5-7-39(14-19)15-21-8-24-25(26(9-21)31(32,33)34)16-40(28(24)41)27-11-22(10-23(36-27)17-42-4)30(12-20(2)13-30)29-37-35-18-38(29)3/h8-11,16,18-20,24H,5-7,12-15,17H2,1-4H3/t19-,20?,24?,30?/m0/s1. The molecule has 1 unspecified atom stereocenters. The van der Waals surface area contributed by atoms with Gasteiger partial charge in [0.25, 0.3) is 0 Å². The molecule has 2 fully saturated rings. The molecule has 0 spiro atoms. The Kier molecular flexibility index (Phi) is 7.37. The van der Waals surface area contributed by atoms with E-state index >= 15 is 0 Å². The Bertz CT molecular complexity index is 1470. The first-order chi connectivity index (χ1) is 20.0. The summed E-state index contributed by atoms with van der Waals surface area (Å²) in [5.74, 6) is 0.588. The predicted molar refractivity (Wildman–Crippen MR) is 151 cm³/mol. The summed E-state index contributed by atoms with van der Waals surface area (Å²) >= 11 is 0. The number of piperidine rings is 1. The van der Waals surface area contributed by atoms with Gasteiger partial charge in [-0.05, 0) is 79.0 Å². The van der Waals surface area contributed by atoms with E-state index in [2.05, 4.69) is 33.9 Å². The minimum Gasteiger partial charge on any atom is -0.378 e. The van der Waals surface area contributed by atoms with Crippen LogP contribution in [0.3, 0.4) is 0 Å². The molecule has 0 radical (unpaired) electrons. The number of hydrogen-bond acceptors (Lipinski definition) is 6. The van der Waals surface area contributed by atoms with Crippen LogP contribution < -0.4 is 4.90 Å². The number of carbonyl (C=O) groups excluding carboxylic acids is 1. The van der Waals surface area contributed by atoms with Crippen LogP contribution in [-0.4, -0.2) is 63.5 Å². The molecule has 0 aromatic carbocycles. The zero-order valence-corrected chi connectivity index (χ0v) is 24.5. The van der Waals surface area contributed by atoms with E-state index < -0.39 is 29.0 Å². The van der Waals surface area contributed by atoms with Gasteiger partial charge in [0.15, 0.2) is 0 Å². The summed E-state index contributed by atoms with van der Waals surface area (Å²) in [5.41, 5.74) is 0.779. The number of aryl methyl sites for hydroxylation is 1. The summed E-state index contributed by atoms with van der Waals surface area (Å²) < 4.78 is 50.5.